The molecule has 0 atom stereocenters. The number of hydrogen-bond donors (Lipinski definition) is 1. The van der Waals surface area contributed by atoms with Crippen LogP contribution in [-0.2, 0) is 7.05 Å². The Hall–Kier alpha value is -2.17. The summed E-state index contributed by atoms with van der Waals surface area (Å²) in [4.78, 5) is 11.8. The molecule has 2 aromatic rings. The summed E-state index contributed by atoms with van der Waals surface area (Å²) in [5, 5.41) is 6.50. The number of aryl methyl sites for hydroxylation is 2. The average molecular weight is 233 g/mol. The molecule has 0 aliphatic carbocycles. The highest BCUT2D eigenvalue weighted by atomic mass is 19.1. The normalized spacial score (nSPS) is 10.3. The van der Waals surface area contributed by atoms with Gasteiger partial charge in [0.2, 0.25) is 0 Å². The number of nitrogens with zero attached hydrogens (tertiary/aromatic N) is 2. The lowest BCUT2D eigenvalue weighted by molar-refractivity contribution is 0.102. The van der Waals surface area contributed by atoms with Crippen LogP contribution in [0.5, 0.6) is 0 Å². The Balaban J connectivity index is 2.20. The van der Waals surface area contributed by atoms with Gasteiger partial charge >= 0.3 is 0 Å². The molecule has 1 aromatic carbocycles. The van der Waals surface area contributed by atoms with E-state index in [4.69, 9.17) is 0 Å². The lowest BCUT2D eigenvalue weighted by atomic mass is 10.3. The summed E-state index contributed by atoms with van der Waals surface area (Å²) in [6, 6.07) is 7.66. The standard InChI is InChI=1S/C12H12FN3O/c1-8-7-11(15-16(8)2)12(17)14-10-6-4-3-5-9(10)13/h3-7H,1-2H3,(H,14,17). The van der Waals surface area contributed by atoms with Gasteiger partial charge in [-0.1, -0.05) is 12.1 Å². The Morgan fingerprint density at radius 3 is 2.71 bits per heavy atom. The molecule has 1 N–H and O–H groups in total. The number of amides is 1. The third-order valence-corrected chi connectivity index (χ3v) is 2.47. The van der Waals surface area contributed by atoms with E-state index in [1.165, 1.54) is 12.1 Å². The van der Waals surface area contributed by atoms with Gasteiger partial charge in [-0.15, -0.1) is 0 Å². The first-order valence-electron chi connectivity index (χ1n) is 5.14. The third kappa shape index (κ3) is 2.33. The van der Waals surface area contributed by atoms with Gasteiger partial charge in [0.25, 0.3) is 5.91 Å². The van der Waals surface area contributed by atoms with Crippen molar-refractivity contribution in [3.8, 4) is 0 Å². The molecular formula is C12H12FN3O. The number of carbonyl (C=O) groups excluding carboxylic acids is 1. The second-order valence-corrected chi connectivity index (χ2v) is 3.73. The first kappa shape index (κ1) is 11.3. The van der Waals surface area contributed by atoms with E-state index >= 15 is 0 Å². The molecule has 0 bridgehead atoms. The fraction of sp³-hybridized carbons (Fsp3) is 0.167. The summed E-state index contributed by atoms with van der Waals surface area (Å²) < 4.78 is 14.9. The molecule has 17 heavy (non-hydrogen) atoms. The molecule has 4 nitrogen and oxygen atoms in total. The third-order valence-electron chi connectivity index (χ3n) is 2.47. The van der Waals surface area contributed by atoms with Gasteiger partial charge in [0.05, 0.1) is 5.69 Å². The van der Waals surface area contributed by atoms with Gasteiger partial charge in [-0.05, 0) is 25.1 Å². The molecule has 88 valence electrons. The zero-order valence-corrected chi connectivity index (χ0v) is 9.57. The van der Waals surface area contributed by atoms with Crippen LogP contribution >= 0.6 is 0 Å². The Bertz CT molecular complexity index is 543. The van der Waals surface area contributed by atoms with E-state index in [9.17, 15) is 9.18 Å². The quantitative estimate of drug-likeness (QED) is 0.863. The van der Waals surface area contributed by atoms with E-state index in [0.29, 0.717) is 0 Å². The summed E-state index contributed by atoms with van der Waals surface area (Å²) >= 11 is 0. The predicted octanol–water partition coefficient (Wildman–Crippen LogP) is 2.12. The Kier molecular flexibility index (Phi) is 2.91. The monoisotopic (exact) mass is 233 g/mol. The van der Waals surface area contributed by atoms with Crippen LogP contribution in [0.15, 0.2) is 30.3 Å². The molecule has 0 saturated heterocycles. The van der Waals surface area contributed by atoms with Crippen molar-refractivity contribution in [1.29, 1.82) is 0 Å². The average Bonchev–Trinajstić information content (AvgIpc) is 2.63. The van der Waals surface area contributed by atoms with Crippen molar-refractivity contribution in [2.45, 2.75) is 6.92 Å². The number of anilines is 1. The van der Waals surface area contributed by atoms with Gasteiger partial charge in [0.1, 0.15) is 5.82 Å². The van der Waals surface area contributed by atoms with E-state index in [1.807, 2.05) is 6.92 Å². The number of rotatable bonds is 2. The molecule has 1 amide bonds. The lowest BCUT2D eigenvalue weighted by Gasteiger charge is -2.03. The maximum atomic E-state index is 13.3. The predicted molar refractivity (Wildman–Crippen MR) is 62.3 cm³/mol. The molecule has 0 aliphatic heterocycles. The van der Waals surface area contributed by atoms with Crippen molar-refractivity contribution in [1.82, 2.24) is 9.78 Å². The Labute approximate surface area is 98.1 Å². The van der Waals surface area contributed by atoms with Gasteiger partial charge in [-0.25, -0.2) is 4.39 Å². The molecule has 0 aliphatic rings. The number of halogens is 1. The molecule has 1 heterocycles. The molecule has 0 saturated carbocycles. The fourth-order valence-corrected chi connectivity index (χ4v) is 1.42. The number of hydrogen-bond acceptors (Lipinski definition) is 2. The SMILES string of the molecule is Cc1cc(C(=O)Nc2ccccc2F)nn1C. The molecular weight excluding hydrogens is 221 g/mol. The van der Waals surface area contributed by atoms with Crippen LogP contribution in [0.3, 0.4) is 0 Å². The van der Waals surface area contributed by atoms with E-state index < -0.39 is 11.7 Å². The highest BCUT2D eigenvalue weighted by molar-refractivity contribution is 6.02. The first-order chi connectivity index (χ1) is 8.08. The second kappa shape index (κ2) is 4.37. The molecule has 0 radical (unpaired) electrons. The summed E-state index contributed by atoms with van der Waals surface area (Å²) in [5.41, 5.74) is 1.29. The van der Waals surface area contributed by atoms with Gasteiger partial charge in [-0.2, -0.15) is 5.10 Å². The highest BCUT2D eigenvalue weighted by Crippen LogP contribution is 2.13. The van der Waals surface area contributed by atoms with Crippen molar-refractivity contribution in [2.75, 3.05) is 5.32 Å². The Morgan fingerprint density at radius 2 is 2.12 bits per heavy atom. The fourth-order valence-electron chi connectivity index (χ4n) is 1.42. The van der Waals surface area contributed by atoms with Crippen LogP contribution in [0.25, 0.3) is 0 Å². The Morgan fingerprint density at radius 1 is 1.41 bits per heavy atom. The van der Waals surface area contributed by atoms with Crippen LogP contribution in [0.2, 0.25) is 0 Å². The number of para-hydroxylation sites is 1. The molecule has 1 aromatic heterocycles. The minimum Gasteiger partial charge on any atom is -0.318 e. The number of nitrogens with one attached hydrogen (secondary N) is 1. The zero-order chi connectivity index (χ0) is 12.4. The molecule has 0 spiro atoms. The first-order valence-corrected chi connectivity index (χ1v) is 5.14. The lowest BCUT2D eigenvalue weighted by Crippen LogP contribution is -2.13. The van der Waals surface area contributed by atoms with Gasteiger partial charge in [-0.3, -0.25) is 9.48 Å². The van der Waals surface area contributed by atoms with Crippen LogP contribution in [0, 0.1) is 12.7 Å². The van der Waals surface area contributed by atoms with E-state index in [0.717, 1.165) is 5.69 Å². The van der Waals surface area contributed by atoms with Crippen molar-refractivity contribution in [3.63, 3.8) is 0 Å². The summed E-state index contributed by atoms with van der Waals surface area (Å²) in [7, 11) is 1.75. The van der Waals surface area contributed by atoms with Crippen molar-refractivity contribution < 1.29 is 9.18 Å². The van der Waals surface area contributed by atoms with Crippen LogP contribution in [0.1, 0.15) is 16.2 Å². The smallest absolute Gasteiger partial charge is 0.276 e. The maximum absolute atomic E-state index is 13.3. The second-order valence-electron chi connectivity index (χ2n) is 3.73. The van der Waals surface area contributed by atoms with Crippen molar-refractivity contribution in [2.24, 2.45) is 7.05 Å². The summed E-state index contributed by atoms with van der Waals surface area (Å²) in [6.07, 6.45) is 0. The minimum atomic E-state index is -0.464. The molecule has 0 fully saturated rings. The summed E-state index contributed by atoms with van der Waals surface area (Å²) in [6.45, 7) is 1.84. The largest absolute Gasteiger partial charge is 0.318 e. The van der Waals surface area contributed by atoms with E-state index in [-0.39, 0.29) is 11.4 Å². The van der Waals surface area contributed by atoms with E-state index in [2.05, 4.69) is 10.4 Å². The minimum absolute atomic E-state index is 0.154. The number of aromatic nitrogens is 2. The topological polar surface area (TPSA) is 46.9 Å². The number of carbonyl (C=O) groups is 1. The van der Waals surface area contributed by atoms with Gasteiger partial charge in [0, 0.05) is 12.7 Å². The molecule has 5 heteroatoms. The van der Waals surface area contributed by atoms with Crippen LogP contribution < -0.4 is 5.32 Å². The maximum Gasteiger partial charge on any atom is 0.276 e. The highest BCUT2D eigenvalue weighted by Gasteiger charge is 2.12. The van der Waals surface area contributed by atoms with Gasteiger partial charge < -0.3 is 5.32 Å². The van der Waals surface area contributed by atoms with Gasteiger partial charge in [0.15, 0.2) is 5.69 Å². The molecule has 0 unspecified atom stereocenters. The molecule has 2 rings (SSSR count). The van der Waals surface area contributed by atoms with E-state index in [1.54, 1.807) is 29.9 Å². The van der Waals surface area contributed by atoms with Crippen molar-refractivity contribution in [3.05, 3.63) is 47.5 Å². The van der Waals surface area contributed by atoms with Crippen molar-refractivity contribution >= 4 is 11.6 Å². The summed E-state index contributed by atoms with van der Waals surface area (Å²) in [5.74, 6) is -0.882. The zero-order valence-electron chi connectivity index (χ0n) is 9.57. The number of benzene rings is 1. The van der Waals surface area contributed by atoms with Crippen LogP contribution in [-0.4, -0.2) is 15.7 Å². The van der Waals surface area contributed by atoms with Crippen LogP contribution in [0.4, 0.5) is 10.1 Å².